The van der Waals surface area contributed by atoms with Crippen molar-refractivity contribution in [3.63, 3.8) is 0 Å². The van der Waals surface area contributed by atoms with Gasteiger partial charge in [-0.1, -0.05) is 32.6 Å². The summed E-state index contributed by atoms with van der Waals surface area (Å²) in [6.07, 6.45) is 5.30. The number of nitriles is 1. The van der Waals surface area contributed by atoms with Crippen LogP contribution in [0.5, 0.6) is 0 Å². The largest absolute Gasteiger partial charge is 0.478 e. The molecule has 20 heavy (non-hydrogen) atoms. The number of carbonyl (C=O) groups is 2. The van der Waals surface area contributed by atoms with E-state index < -0.39 is 11.9 Å². The summed E-state index contributed by atoms with van der Waals surface area (Å²) >= 11 is 0. The average Bonchev–Trinajstić information content (AvgIpc) is 2.44. The first-order valence-corrected chi connectivity index (χ1v) is 6.06. The molecule has 0 amide bonds. The van der Waals surface area contributed by atoms with Gasteiger partial charge in [0.15, 0.2) is 0 Å². The van der Waals surface area contributed by atoms with E-state index >= 15 is 0 Å². The van der Waals surface area contributed by atoms with Crippen LogP contribution in [0, 0.1) is 11.3 Å². The summed E-state index contributed by atoms with van der Waals surface area (Å²) in [5, 5.41) is 23.9. The molecule has 0 aromatic heterocycles. The van der Waals surface area contributed by atoms with E-state index in [4.69, 9.17) is 15.5 Å². The van der Waals surface area contributed by atoms with Gasteiger partial charge in [-0.05, 0) is 26.7 Å². The minimum absolute atomic E-state index is 0.317. The fourth-order valence-electron chi connectivity index (χ4n) is 0.621. The quantitative estimate of drug-likeness (QED) is 0.593. The molecule has 0 heterocycles. The van der Waals surface area contributed by atoms with E-state index in [1.165, 1.54) is 6.08 Å². The van der Waals surface area contributed by atoms with Crippen molar-refractivity contribution in [2.75, 3.05) is 0 Å². The molecule has 0 fully saturated rings. The molecule has 5 heteroatoms. The van der Waals surface area contributed by atoms with Crippen molar-refractivity contribution >= 4 is 11.9 Å². The Kier molecular flexibility index (Phi) is 19.0. The Morgan fingerprint density at radius 2 is 1.75 bits per heavy atom. The Bertz CT molecular complexity index is 389. The molecule has 0 aliphatic rings. The summed E-state index contributed by atoms with van der Waals surface area (Å²) in [6, 6.07) is 1.69. The molecule has 0 atom stereocenters. The lowest BCUT2D eigenvalue weighted by molar-refractivity contribution is -0.133. The topological polar surface area (TPSA) is 98.4 Å². The number of aliphatic carboxylic acids is 2. The van der Waals surface area contributed by atoms with Crippen molar-refractivity contribution in [3.05, 3.63) is 36.5 Å². The molecule has 112 valence electrons. The zero-order valence-corrected chi connectivity index (χ0v) is 12.3. The van der Waals surface area contributed by atoms with Gasteiger partial charge in [0.2, 0.25) is 0 Å². The lowest BCUT2D eigenvalue weighted by Gasteiger charge is -1.95. The Hall–Kier alpha value is -2.35. The molecule has 0 rings (SSSR count). The molecule has 0 aromatic rings. The van der Waals surface area contributed by atoms with E-state index in [0.717, 1.165) is 12.8 Å². The maximum Gasteiger partial charge on any atom is 0.330 e. The molecular weight excluding hydrogens is 258 g/mol. The second-order valence-electron chi connectivity index (χ2n) is 3.62. The van der Waals surface area contributed by atoms with Crippen molar-refractivity contribution in [1.82, 2.24) is 0 Å². The van der Waals surface area contributed by atoms with E-state index in [9.17, 15) is 9.59 Å². The molecule has 0 spiro atoms. The number of hydrogen-bond acceptors (Lipinski definition) is 3. The SMILES string of the molecule is C=C(CCCC)C(=O)O.C=CC#N.CC=C(C)C(=O)O. The van der Waals surface area contributed by atoms with Crippen LogP contribution in [0.15, 0.2) is 36.5 Å². The third-order valence-electron chi connectivity index (χ3n) is 2.00. The van der Waals surface area contributed by atoms with E-state index in [-0.39, 0.29) is 0 Å². The molecule has 2 N–H and O–H groups in total. The van der Waals surface area contributed by atoms with Gasteiger partial charge in [0.05, 0.1) is 6.07 Å². The second-order valence-corrected chi connectivity index (χ2v) is 3.62. The summed E-state index contributed by atoms with van der Waals surface area (Å²) in [7, 11) is 0. The molecule has 0 unspecified atom stereocenters. The molecule has 0 aromatic carbocycles. The zero-order chi connectivity index (χ0) is 16.6. The van der Waals surface area contributed by atoms with Crippen LogP contribution in [0.4, 0.5) is 0 Å². The van der Waals surface area contributed by atoms with E-state index in [1.54, 1.807) is 26.0 Å². The lowest BCUT2D eigenvalue weighted by atomic mass is 10.1. The minimum Gasteiger partial charge on any atom is -0.478 e. The first-order chi connectivity index (χ1) is 9.28. The van der Waals surface area contributed by atoms with Crippen LogP contribution in [-0.4, -0.2) is 22.2 Å². The summed E-state index contributed by atoms with van der Waals surface area (Å²) in [5.74, 6) is -1.72. The number of carboxylic acid groups (broad SMARTS) is 2. The number of rotatable bonds is 5. The standard InChI is InChI=1S/C7H12O2.C5H8O2.C3H3N/c1-3-4-5-6(2)7(8)9;1-3-4(2)5(6)7;1-2-3-4/h2-5H2,1H3,(H,8,9);3H,1-2H3,(H,6,7);2H,1H2. The number of allylic oxidation sites excluding steroid dienone is 2. The van der Waals surface area contributed by atoms with Gasteiger partial charge < -0.3 is 10.2 Å². The predicted molar refractivity (Wildman–Crippen MR) is 79.2 cm³/mol. The maximum atomic E-state index is 10.1. The normalized spacial score (nSPS) is 8.80. The fraction of sp³-hybridized carbons (Fsp3) is 0.400. The highest BCUT2D eigenvalue weighted by Crippen LogP contribution is 2.03. The highest BCUT2D eigenvalue weighted by Gasteiger charge is 2.00. The van der Waals surface area contributed by atoms with Gasteiger partial charge in [-0.15, -0.1) is 0 Å². The van der Waals surface area contributed by atoms with Crippen LogP contribution in [0.1, 0.15) is 40.0 Å². The van der Waals surface area contributed by atoms with Crippen LogP contribution in [0.2, 0.25) is 0 Å². The van der Waals surface area contributed by atoms with Gasteiger partial charge in [-0.25, -0.2) is 9.59 Å². The predicted octanol–water partition coefficient (Wildman–Crippen LogP) is 3.55. The second kappa shape index (κ2) is 16.6. The van der Waals surface area contributed by atoms with Crippen molar-refractivity contribution in [1.29, 1.82) is 5.26 Å². The minimum atomic E-state index is -0.872. The third kappa shape index (κ3) is 21.0. The molecule has 0 aliphatic carbocycles. The van der Waals surface area contributed by atoms with Crippen molar-refractivity contribution in [2.24, 2.45) is 0 Å². The van der Waals surface area contributed by atoms with E-state index in [0.29, 0.717) is 17.6 Å². The van der Waals surface area contributed by atoms with Gasteiger partial charge >= 0.3 is 11.9 Å². The van der Waals surface area contributed by atoms with Crippen molar-refractivity contribution < 1.29 is 19.8 Å². The van der Waals surface area contributed by atoms with Gasteiger partial charge in [-0.3, -0.25) is 0 Å². The van der Waals surface area contributed by atoms with Gasteiger partial charge in [0.25, 0.3) is 0 Å². The van der Waals surface area contributed by atoms with Crippen LogP contribution in [0.25, 0.3) is 0 Å². The van der Waals surface area contributed by atoms with Crippen LogP contribution in [0.3, 0.4) is 0 Å². The highest BCUT2D eigenvalue weighted by molar-refractivity contribution is 5.85. The van der Waals surface area contributed by atoms with Crippen LogP contribution >= 0.6 is 0 Å². The van der Waals surface area contributed by atoms with Crippen molar-refractivity contribution in [2.45, 2.75) is 40.0 Å². The molecule has 0 saturated carbocycles. The first kappa shape index (κ1) is 22.8. The van der Waals surface area contributed by atoms with E-state index in [2.05, 4.69) is 13.2 Å². The number of nitrogens with zero attached hydrogens (tertiary/aromatic N) is 1. The number of carboxylic acids is 2. The maximum absolute atomic E-state index is 10.1. The monoisotopic (exact) mass is 281 g/mol. The summed E-state index contributed by atoms with van der Waals surface area (Å²) in [5.41, 5.74) is 0.705. The smallest absolute Gasteiger partial charge is 0.330 e. The Labute approximate surface area is 120 Å². The average molecular weight is 281 g/mol. The molecule has 5 nitrogen and oxygen atoms in total. The Morgan fingerprint density at radius 3 is 1.90 bits per heavy atom. The molecular formula is C15H23NO4. The Morgan fingerprint density at radius 1 is 1.30 bits per heavy atom. The number of unbranched alkanes of at least 4 members (excludes halogenated alkanes) is 1. The molecule has 0 saturated heterocycles. The van der Waals surface area contributed by atoms with Crippen molar-refractivity contribution in [3.8, 4) is 6.07 Å². The first-order valence-electron chi connectivity index (χ1n) is 6.06. The van der Waals surface area contributed by atoms with Crippen LogP contribution in [-0.2, 0) is 9.59 Å². The van der Waals surface area contributed by atoms with Gasteiger partial charge in [0.1, 0.15) is 0 Å². The number of hydrogen-bond donors (Lipinski definition) is 2. The Balaban J connectivity index is -0.000000234. The highest BCUT2D eigenvalue weighted by atomic mass is 16.4. The lowest BCUT2D eigenvalue weighted by Crippen LogP contribution is -1.97. The molecule has 0 bridgehead atoms. The van der Waals surface area contributed by atoms with Gasteiger partial charge in [0, 0.05) is 17.2 Å². The fourth-order valence-corrected chi connectivity index (χ4v) is 0.621. The molecule has 0 radical (unpaired) electrons. The van der Waals surface area contributed by atoms with E-state index in [1.807, 2.05) is 6.92 Å². The summed E-state index contributed by atoms with van der Waals surface area (Å²) in [6.45, 7) is 11.8. The van der Waals surface area contributed by atoms with Gasteiger partial charge in [-0.2, -0.15) is 5.26 Å². The zero-order valence-electron chi connectivity index (χ0n) is 12.3. The summed E-state index contributed by atoms with van der Waals surface area (Å²) < 4.78 is 0. The summed E-state index contributed by atoms with van der Waals surface area (Å²) in [4.78, 5) is 20.0. The third-order valence-corrected chi connectivity index (χ3v) is 2.00. The van der Waals surface area contributed by atoms with Crippen LogP contribution < -0.4 is 0 Å². The molecule has 0 aliphatic heterocycles.